The minimum Gasteiger partial charge on any atom is -0.371 e. The number of anilines is 1. The summed E-state index contributed by atoms with van der Waals surface area (Å²) in [6.45, 7) is 1.63. The number of carbonyl (C=O) groups excluding carboxylic acids is 1. The third-order valence-electron chi connectivity index (χ3n) is 4.55. The molecular formula is C16H17FN6O2. The topological polar surface area (TPSA) is 93.1 Å². The molecule has 2 fully saturated rings. The zero-order chi connectivity index (χ0) is 17.3. The molecule has 1 N–H and O–H groups in total. The summed E-state index contributed by atoms with van der Waals surface area (Å²) in [5, 5.41) is 3.16. The van der Waals surface area contributed by atoms with Crippen LogP contribution in [0.15, 0.2) is 31.0 Å². The van der Waals surface area contributed by atoms with Gasteiger partial charge in [0.05, 0.1) is 43.4 Å². The van der Waals surface area contributed by atoms with Crippen molar-refractivity contribution in [2.45, 2.75) is 24.5 Å². The number of rotatable bonds is 3. The normalized spacial score (nSPS) is 25.5. The first-order valence-corrected chi connectivity index (χ1v) is 8.07. The molecule has 0 radical (unpaired) electrons. The second-order valence-electron chi connectivity index (χ2n) is 6.33. The summed E-state index contributed by atoms with van der Waals surface area (Å²) >= 11 is 0. The van der Waals surface area contributed by atoms with Crippen molar-refractivity contribution in [3.8, 4) is 0 Å². The quantitative estimate of drug-likeness (QED) is 0.884. The van der Waals surface area contributed by atoms with E-state index in [4.69, 9.17) is 4.74 Å². The smallest absolute Gasteiger partial charge is 0.274 e. The van der Waals surface area contributed by atoms with E-state index < -0.39 is 5.82 Å². The van der Waals surface area contributed by atoms with Crippen molar-refractivity contribution in [1.29, 1.82) is 0 Å². The molecule has 9 heteroatoms. The second-order valence-corrected chi connectivity index (χ2v) is 6.33. The molecule has 2 aromatic rings. The average Bonchev–Trinajstić information content (AvgIpc) is 3.24. The first-order valence-electron chi connectivity index (χ1n) is 8.07. The Labute approximate surface area is 143 Å². The standard InChI is InChI=1S/C16H17FN6O2/c17-11-6-20-15(21-7-11)22-12-5-16(25-9-12)1-4-23(10-16)14(24)13-8-18-2-3-19-13/h2-3,6-8,12H,1,4-5,9-10H2,(H,20,21,22)/t12-,16+/m0/s1. The van der Waals surface area contributed by atoms with Gasteiger partial charge in [0, 0.05) is 25.4 Å². The van der Waals surface area contributed by atoms with Gasteiger partial charge in [-0.15, -0.1) is 0 Å². The van der Waals surface area contributed by atoms with Crippen molar-refractivity contribution in [2.24, 2.45) is 0 Å². The summed E-state index contributed by atoms with van der Waals surface area (Å²) < 4.78 is 18.9. The summed E-state index contributed by atoms with van der Waals surface area (Å²) in [5.74, 6) is -0.233. The highest BCUT2D eigenvalue weighted by Gasteiger charge is 2.47. The Bertz CT molecular complexity index is 759. The number of likely N-dealkylation sites (tertiary alicyclic amines) is 1. The minimum absolute atomic E-state index is 0.0250. The summed E-state index contributed by atoms with van der Waals surface area (Å²) in [4.78, 5) is 30.1. The molecule has 0 saturated carbocycles. The molecule has 2 aromatic heterocycles. The highest BCUT2D eigenvalue weighted by molar-refractivity contribution is 5.92. The molecule has 4 rings (SSSR count). The van der Waals surface area contributed by atoms with Crippen LogP contribution in [0, 0.1) is 5.82 Å². The van der Waals surface area contributed by atoms with Gasteiger partial charge < -0.3 is 15.0 Å². The number of hydrogen-bond donors (Lipinski definition) is 1. The first-order chi connectivity index (χ1) is 12.1. The lowest BCUT2D eigenvalue weighted by Gasteiger charge is -2.23. The maximum Gasteiger partial charge on any atom is 0.274 e. The lowest BCUT2D eigenvalue weighted by Crippen LogP contribution is -2.36. The van der Waals surface area contributed by atoms with Crippen LogP contribution in [-0.2, 0) is 4.74 Å². The van der Waals surface area contributed by atoms with E-state index in [1.807, 2.05) is 0 Å². The van der Waals surface area contributed by atoms with Gasteiger partial charge in [-0.3, -0.25) is 9.78 Å². The van der Waals surface area contributed by atoms with E-state index in [2.05, 4.69) is 25.3 Å². The molecule has 8 nitrogen and oxygen atoms in total. The van der Waals surface area contributed by atoms with Crippen LogP contribution in [0.25, 0.3) is 0 Å². The molecule has 1 spiro atoms. The molecule has 4 heterocycles. The van der Waals surface area contributed by atoms with Gasteiger partial charge in [-0.25, -0.2) is 19.3 Å². The van der Waals surface area contributed by atoms with Crippen LogP contribution in [0.4, 0.5) is 10.3 Å². The molecule has 0 unspecified atom stereocenters. The van der Waals surface area contributed by atoms with Crippen molar-refractivity contribution in [1.82, 2.24) is 24.8 Å². The van der Waals surface area contributed by atoms with E-state index in [9.17, 15) is 9.18 Å². The summed E-state index contributed by atoms with van der Waals surface area (Å²) in [7, 11) is 0. The van der Waals surface area contributed by atoms with Crippen LogP contribution in [-0.4, -0.2) is 62.1 Å². The van der Waals surface area contributed by atoms with E-state index in [-0.39, 0.29) is 17.6 Å². The number of nitrogens with zero attached hydrogens (tertiary/aromatic N) is 5. The van der Waals surface area contributed by atoms with E-state index in [1.165, 1.54) is 18.6 Å². The predicted octanol–water partition coefficient (Wildman–Crippen LogP) is 0.891. The maximum atomic E-state index is 12.9. The lowest BCUT2D eigenvalue weighted by molar-refractivity contribution is 0.0124. The highest BCUT2D eigenvalue weighted by atomic mass is 19.1. The van der Waals surface area contributed by atoms with Gasteiger partial charge in [0.2, 0.25) is 5.95 Å². The molecule has 0 bridgehead atoms. The van der Waals surface area contributed by atoms with Gasteiger partial charge in [-0.2, -0.15) is 0 Å². The molecule has 0 aromatic carbocycles. The molecule has 2 aliphatic rings. The van der Waals surface area contributed by atoms with Crippen LogP contribution in [0.3, 0.4) is 0 Å². The molecule has 0 aliphatic carbocycles. The number of amides is 1. The number of hydrogen-bond acceptors (Lipinski definition) is 7. The molecule has 2 atom stereocenters. The van der Waals surface area contributed by atoms with Crippen LogP contribution >= 0.6 is 0 Å². The fourth-order valence-electron chi connectivity index (χ4n) is 3.38. The molecule has 2 aliphatic heterocycles. The molecular weight excluding hydrogens is 327 g/mol. The number of carbonyl (C=O) groups is 1. The van der Waals surface area contributed by atoms with Gasteiger partial charge >= 0.3 is 0 Å². The van der Waals surface area contributed by atoms with Crippen molar-refractivity contribution >= 4 is 11.9 Å². The van der Waals surface area contributed by atoms with Gasteiger partial charge in [0.15, 0.2) is 5.82 Å². The monoisotopic (exact) mass is 344 g/mol. The van der Waals surface area contributed by atoms with E-state index in [0.29, 0.717) is 31.3 Å². The van der Waals surface area contributed by atoms with Gasteiger partial charge in [0.1, 0.15) is 5.69 Å². The zero-order valence-electron chi connectivity index (χ0n) is 13.4. The first kappa shape index (κ1) is 15.8. The minimum atomic E-state index is -0.473. The van der Waals surface area contributed by atoms with Crippen molar-refractivity contribution < 1.29 is 13.9 Å². The van der Waals surface area contributed by atoms with Crippen LogP contribution in [0.1, 0.15) is 23.3 Å². The van der Waals surface area contributed by atoms with Gasteiger partial charge in [-0.1, -0.05) is 0 Å². The van der Waals surface area contributed by atoms with Crippen molar-refractivity contribution in [3.05, 3.63) is 42.5 Å². The zero-order valence-corrected chi connectivity index (χ0v) is 13.4. The second kappa shape index (κ2) is 6.32. The number of ether oxygens (including phenoxy) is 1. The van der Waals surface area contributed by atoms with Crippen LogP contribution in [0.5, 0.6) is 0 Å². The van der Waals surface area contributed by atoms with Crippen LogP contribution < -0.4 is 5.32 Å². The van der Waals surface area contributed by atoms with E-state index >= 15 is 0 Å². The molecule has 25 heavy (non-hydrogen) atoms. The third kappa shape index (κ3) is 3.27. The predicted molar refractivity (Wildman–Crippen MR) is 85.3 cm³/mol. The largest absolute Gasteiger partial charge is 0.371 e. The number of aromatic nitrogens is 4. The highest BCUT2D eigenvalue weighted by Crippen LogP contribution is 2.36. The van der Waals surface area contributed by atoms with E-state index in [0.717, 1.165) is 25.2 Å². The summed E-state index contributed by atoms with van der Waals surface area (Å²) in [6.07, 6.45) is 8.26. The Morgan fingerprint density at radius 1 is 1.28 bits per heavy atom. The summed E-state index contributed by atoms with van der Waals surface area (Å²) in [6, 6.07) is 0.0250. The Balaban J connectivity index is 1.38. The lowest BCUT2D eigenvalue weighted by atomic mass is 9.97. The number of nitrogens with one attached hydrogen (secondary N) is 1. The Kier molecular flexibility index (Phi) is 4.00. The molecule has 2 saturated heterocycles. The van der Waals surface area contributed by atoms with Gasteiger partial charge in [-0.05, 0) is 6.42 Å². The SMILES string of the molecule is O=C(c1cnccn1)N1CC[C@@]2(C[C@H](Nc3ncc(F)cn3)CO2)C1. The Morgan fingerprint density at radius 2 is 2.12 bits per heavy atom. The molecule has 130 valence electrons. The molecule has 1 amide bonds. The Morgan fingerprint density at radius 3 is 2.88 bits per heavy atom. The van der Waals surface area contributed by atoms with Crippen molar-refractivity contribution in [2.75, 3.05) is 25.0 Å². The Hall–Kier alpha value is -2.68. The fourth-order valence-corrected chi connectivity index (χ4v) is 3.38. The van der Waals surface area contributed by atoms with Crippen LogP contribution in [0.2, 0.25) is 0 Å². The third-order valence-corrected chi connectivity index (χ3v) is 4.55. The number of halogens is 1. The van der Waals surface area contributed by atoms with E-state index in [1.54, 1.807) is 4.90 Å². The summed E-state index contributed by atoms with van der Waals surface area (Å²) in [5.41, 5.74) is -0.0258. The van der Waals surface area contributed by atoms with Gasteiger partial charge in [0.25, 0.3) is 5.91 Å². The van der Waals surface area contributed by atoms with Crippen molar-refractivity contribution in [3.63, 3.8) is 0 Å². The average molecular weight is 344 g/mol. The fraction of sp³-hybridized carbons (Fsp3) is 0.438. The maximum absolute atomic E-state index is 12.9.